The van der Waals surface area contributed by atoms with Crippen molar-refractivity contribution in [2.75, 3.05) is 23.8 Å². The Morgan fingerprint density at radius 3 is 2.81 bits per heavy atom. The molecule has 0 unspecified atom stereocenters. The van der Waals surface area contributed by atoms with Crippen LogP contribution in [0.3, 0.4) is 0 Å². The van der Waals surface area contributed by atoms with E-state index in [0.717, 1.165) is 46.7 Å². The fourth-order valence-corrected chi connectivity index (χ4v) is 4.89. The normalized spacial score (nSPS) is 13.3. The molecule has 3 heterocycles. The third kappa shape index (κ3) is 3.59. The standard InChI is InChI=1S/C23H22N6OS/c1-29-12-6-11-17-19(29)23(25-13-14-7-3-2-4-8-14)27-22(26-17)18-15-9-5-10-16(21(24)30)20(15)31-28-18/h2-5,7-10H,6,11-13H2,1H3,(H2,24,30)(H,25,26,27). The molecule has 5 rings (SSSR count). The maximum absolute atomic E-state index is 11.8. The van der Waals surface area contributed by atoms with Gasteiger partial charge in [-0.2, -0.15) is 4.37 Å². The fourth-order valence-electron chi connectivity index (χ4n) is 4.00. The van der Waals surface area contributed by atoms with Crippen LogP contribution in [0.15, 0.2) is 48.5 Å². The number of nitrogens with one attached hydrogen (secondary N) is 1. The average Bonchev–Trinajstić information content (AvgIpc) is 3.22. The first-order valence-corrected chi connectivity index (χ1v) is 11.0. The molecule has 1 aliphatic heterocycles. The Bertz CT molecular complexity index is 1270. The van der Waals surface area contributed by atoms with Gasteiger partial charge in [0.25, 0.3) is 0 Å². The van der Waals surface area contributed by atoms with Gasteiger partial charge in [-0.3, -0.25) is 4.79 Å². The van der Waals surface area contributed by atoms with Crippen LogP contribution < -0.4 is 16.0 Å². The Morgan fingerprint density at radius 1 is 1.16 bits per heavy atom. The number of rotatable bonds is 5. The summed E-state index contributed by atoms with van der Waals surface area (Å²) in [6.07, 6.45) is 1.94. The molecular formula is C23H22N6OS. The third-order valence-electron chi connectivity index (χ3n) is 5.52. The molecule has 0 saturated heterocycles. The third-order valence-corrected chi connectivity index (χ3v) is 6.42. The zero-order valence-electron chi connectivity index (χ0n) is 17.1. The van der Waals surface area contributed by atoms with Gasteiger partial charge in [0.15, 0.2) is 11.6 Å². The zero-order chi connectivity index (χ0) is 21.4. The molecule has 2 aromatic carbocycles. The quantitative estimate of drug-likeness (QED) is 0.499. The van der Waals surface area contributed by atoms with E-state index in [0.29, 0.717) is 23.6 Å². The molecular weight excluding hydrogens is 408 g/mol. The number of primary amides is 1. The molecule has 8 heteroatoms. The maximum Gasteiger partial charge on any atom is 0.250 e. The van der Waals surface area contributed by atoms with Gasteiger partial charge in [-0.15, -0.1) is 0 Å². The van der Waals surface area contributed by atoms with E-state index in [2.05, 4.69) is 33.8 Å². The van der Waals surface area contributed by atoms with Crippen molar-refractivity contribution < 1.29 is 4.79 Å². The highest BCUT2D eigenvalue weighted by Gasteiger charge is 2.24. The van der Waals surface area contributed by atoms with Crippen molar-refractivity contribution in [3.63, 3.8) is 0 Å². The number of carbonyl (C=O) groups is 1. The van der Waals surface area contributed by atoms with Crippen LogP contribution in [0.4, 0.5) is 11.5 Å². The Kier molecular flexibility index (Phi) is 4.99. The average molecular weight is 431 g/mol. The summed E-state index contributed by atoms with van der Waals surface area (Å²) in [5.41, 5.74) is 9.94. The zero-order valence-corrected chi connectivity index (χ0v) is 17.9. The fraction of sp³-hybridized carbons (Fsp3) is 0.217. The van der Waals surface area contributed by atoms with Crippen LogP contribution in [-0.2, 0) is 13.0 Å². The van der Waals surface area contributed by atoms with Crippen LogP contribution in [-0.4, -0.2) is 33.8 Å². The lowest BCUT2D eigenvalue weighted by molar-refractivity contribution is 0.100. The number of hydrogen-bond acceptors (Lipinski definition) is 7. The largest absolute Gasteiger partial charge is 0.370 e. The van der Waals surface area contributed by atoms with Crippen molar-refractivity contribution in [2.45, 2.75) is 19.4 Å². The van der Waals surface area contributed by atoms with Gasteiger partial charge < -0.3 is 16.0 Å². The molecule has 0 aliphatic carbocycles. The number of nitrogens with two attached hydrogens (primary N) is 1. The summed E-state index contributed by atoms with van der Waals surface area (Å²) in [7, 11) is 2.08. The Labute approximate surface area is 184 Å². The van der Waals surface area contributed by atoms with Gasteiger partial charge in [-0.05, 0) is 36.0 Å². The molecule has 156 valence electrons. The van der Waals surface area contributed by atoms with E-state index >= 15 is 0 Å². The monoisotopic (exact) mass is 430 g/mol. The number of hydrogen-bond donors (Lipinski definition) is 2. The van der Waals surface area contributed by atoms with Crippen LogP contribution in [0, 0.1) is 0 Å². The van der Waals surface area contributed by atoms with Crippen molar-refractivity contribution in [2.24, 2.45) is 5.73 Å². The summed E-state index contributed by atoms with van der Waals surface area (Å²) in [5.74, 6) is 0.912. The molecule has 0 bridgehead atoms. The molecule has 0 saturated carbocycles. The van der Waals surface area contributed by atoms with E-state index in [-0.39, 0.29) is 0 Å². The summed E-state index contributed by atoms with van der Waals surface area (Å²) < 4.78 is 5.37. The van der Waals surface area contributed by atoms with Gasteiger partial charge in [0.05, 0.1) is 16.0 Å². The highest BCUT2D eigenvalue weighted by molar-refractivity contribution is 7.14. The molecule has 1 amide bonds. The maximum atomic E-state index is 11.8. The Hall–Kier alpha value is -3.52. The van der Waals surface area contributed by atoms with Crippen molar-refractivity contribution in [1.82, 2.24) is 14.3 Å². The minimum Gasteiger partial charge on any atom is -0.370 e. The number of benzene rings is 2. The molecule has 2 aromatic heterocycles. The van der Waals surface area contributed by atoms with E-state index < -0.39 is 5.91 Å². The number of aryl methyl sites for hydroxylation is 1. The molecule has 7 nitrogen and oxygen atoms in total. The van der Waals surface area contributed by atoms with Gasteiger partial charge in [0, 0.05) is 25.5 Å². The lowest BCUT2D eigenvalue weighted by atomic mass is 10.1. The van der Waals surface area contributed by atoms with Crippen molar-refractivity contribution in [3.05, 3.63) is 65.4 Å². The SMILES string of the molecule is CN1CCCc2nc(-c3nsc4c(C(N)=O)cccc34)nc(NCc3ccccc3)c21. The smallest absolute Gasteiger partial charge is 0.250 e. The van der Waals surface area contributed by atoms with E-state index in [4.69, 9.17) is 15.7 Å². The summed E-state index contributed by atoms with van der Waals surface area (Å²) in [5, 5.41) is 4.35. The van der Waals surface area contributed by atoms with Crippen LogP contribution in [0.1, 0.15) is 28.0 Å². The first-order valence-electron chi connectivity index (χ1n) is 10.2. The molecule has 1 aliphatic rings. The second-order valence-electron chi connectivity index (χ2n) is 7.63. The topological polar surface area (TPSA) is 97.0 Å². The van der Waals surface area contributed by atoms with Crippen LogP contribution in [0.5, 0.6) is 0 Å². The molecule has 31 heavy (non-hydrogen) atoms. The molecule has 0 radical (unpaired) electrons. The van der Waals surface area contributed by atoms with Crippen molar-refractivity contribution in [1.29, 1.82) is 0 Å². The van der Waals surface area contributed by atoms with E-state index in [1.54, 1.807) is 6.07 Å². The number of carbonyl (C=O) groups excluding carboxylic acids is 1. The molecule has 0 atom stereocenters. The van der Waals surface area contributed by atoms with E-state index in [9.17, 15) is 4.79 Å². The second kappa shape index (κ2) is 7.96. The highest BCUT2D eigenvalue weighted by atomic mass is 32.1. The first kappa shape index (κ1) is 19.4. The van der Waals surface area contributed by atoms with Gasteiger partial charge in [-0.25, -0.2) is 9.97 Å². The van der Waals surface area contributed by atoms with Gasteiger partial charge in [0.1, 0.15) is 11.4 Å². The minimum absolute atomic E-state index is 0.459. The summed E-state index contributed by atoms with van der Waals surface area (Å²) in [4.78, 5) is 23.8. The number of nitrogens with zero attached hydrogens (tertiary/aromatic N) is 4. The molecule has 0 spiro atoms. The first-order chi connectivity index (χ1) is 15.1. The number of anilines is 2. The summed E-state index contributed by atoms with van der Waals surface area (Å²) in [6.45, 7) is 1.64. The summed E-state index contributed by atoms with van der Waals surface area (Å²) >= 11 is 1.26. The summed E-state index contributed by atoms with van der Waals surface area (Å²) in [6, 6.07) is 15.7. The van der Waals surface area contributed by atoms with Gasteiger partial charge >= 0.3 is 0 Å². The van der Waals surface area contributed by atoms with Crippen LogP contribution >= 0.6 is 11.5 Å². The number of aromatic nitrogens is 3. The van der Waals surface area contributed by atoms with E-state index in [1.807, 2.05) is 30.3 Å². The Balaban J connectivity index is 1.61. The molecule has 3 N–H and O–H groups in total. The van der Waals surface area contributed by atoms with Crippen molar-refractivity contribution >= 4 is 39.0 Å². The Morgan fingerprint density at radius 2 is 2.00 bits per heavy atom. The van der Waals surface area contributed by atoms with Crippen LogP contribution in [0.25, 0.3) is 21.6 Å². The lowest BCUT2D eigenvalue weighted by Crippen LogP contribution is -2.27. The predicted octanol–water partition coefficient (Wildman–Crippen LogP) is 3.85. The number of amides is 1. The highest BCUT2D eigenvalue weighted by Crippen LogP contribution is 2.36. The lowest BCUT2D eigenvalue weighted by Gasteiger charge is -2.29. The predicted molar refractivity (Wildman–Crippen MR) is 125 cm³/mol. The minimum atomic E-state index is -0.459. The molecule has 4 aromatic rings. The second-order valence-corrected chi connectivity index (χ2v) is 8.41. The van der Waals surface area contributed by atoms with Crippen LogP contribution in [0.2, 0.25) is 0 Å². The number of fused-ring (bicyclic) bond motifs is 2. The van der Waals surface area contributed by atoms with Crippen molar-refractivity contribution in [3.8, 4) is 11.5 Å². The van der Waals surface area contributed by atoms with Gasteiger partial charge in [0.2, 0.25) is 5.91 Å². The van der Waals surface area contributed by atoms with E-state index in [1.165, 1.54) is 17.1 Å². The van der Waals surface area contributed by atoms with Gasteiger partial charge in [-0.1, -0.05) is 42.5 Å². The molecule has 0 fully saturated rings.